The van der Waals surface area contributed by atoms with Crippen molar-refractivity contribution in [2.45, 2.75) is 32.6 Å². The Hall–Kier alpha value is -2.62. The molecule has 1 atom stereocenters. The second-order valence-corrected chi connectivity index (χ2v) is 7.10. The molecular formula is C22H26N2O2. The number of nitrogens with one attached hydrogen (secondary N) is 1. The minimum atomic E-state index is -0.574. The zero-order valence-corrected chi connectivity index (χ0v) is 15.4. The molecule has 2 amide bonds. The van der Waals surface area contributed by atoms with E-state index in [0.29, 0.717) is 25.4 Å². The molecule has 2 aromatic rings. The van der Waals surface area contributed by atoms with E-state index >= 15 is 0 Å². The minimum absolute atomic E-state index is 0.0977. The number of hydrogen-bond acceptors (Lipinski definition) is 2. The van der Waals surface area contributed by atoms with E-state index < -0.39 is 5.92 Å². The Kier molecular flexibility index (Phi) is 5.71. The zero-order valence-electron chi connectivity index (χ0n) is 15.4. The maximum atomic E-state index is 12.7. The summed E-state index contributed by atoms with van der Waals surface area (Å²) in [6.45, 7) is 5.43. The van der Waals surface area contributed by atoms with Gasteiger partial charge in [-0.2, -0.15) is 0 Å². The molecule has 4 nitrogen and oxygen atoms in total. The summed E-state index contributed by atoms with van der Waals surface area (Å²) in [5.74, 6) is -0.372. The highest BCUT2D eigenvalue weighted by molar-refractivity contribution is 6.09. The fourth-order valence-corrected chi connectivity index (χ4v) is 3.32. The maximum Gasteiger partial charge on any atom is 0.239 e. The molecule has 1 aliphatic rings. The van der Waals surface area contributed by atoms with Crippen LogP contribution in [0.1, 0.15) is 37.3 Å². The van der Waals surface area contributed by atoms with Gasteiger partial charge in [0.15, 0.2) is 0 Å². The molecule has 1 aliphatic heterocycles. The molecule has 0 aliphatic carbocycles. The Labute approximate surface area is 155 Å². The SMILES string of the molecule is CC(C)c1ccc(N2CCC(C(=O)NCCc3ccccc3)C2=O)cc1. The van der Waals surface area contributed by atoms with Crippen LogP contribution in [-0.2, 0) is 16.0 Å². The number of amides is 2. The number of carbonyl (C=O) groups is 2. The second-order valence-electron chi connectivity index (χ2n) is 7.10. The van der Waals surface area contributed by atoms with Gasteiger partial charge in [0.05, 0.1) is 0 Å². The van der Waals surface area contributed by atoms with Crippen LogP contribution >= 0.6 is 0 Å². The summed E-state index contributed by atoms with van der Waals surface area (Å²) in [5.41, 5.74) is 3.30. The Bertz CT molecular complexity index is 753. The number of hydrogen-bond donors (Lipinski definition) is 1. The van der Waals surface area contributed by atoms with Crippen LogP contribution in [0.2, 0.25) is 0 Å². The first kappa shape index (κ1) is 18.2. The van der Waals surface area contributed by atoms with Gasteiger partial charge in [-0.1, -0.05) is 56.3 Å². The first-order chi connectivity index (χ1) is 12.6. The highest BCUT2D eigenvalue weighted by Gasteiger charge is 2.37. The van der Waals surface area contributed by atoms with Crippen molar-refractivity contribution in [3.63, 3.8) is 0 Å². The Morgan fingerprint density at radius 3 is 2.46 bits per heavy atom. The van der Waals surface area contributed by atoms with Crippen molar-refractivity contribution in [3.8, 4) is 0 Å². The van der Waals surface area contributed by atoms with Gasteiger partial charge in [-0.3, -0.25) is 9.59 Å². The van der Waals surface area contributed by atoms with Crippen LogP contribution in [0, 0.1) is 5.92 Å². The van der Waals surface area contributed by atoms with Crippen LogP contribution in [-0.4, -0.2) is 24.9 Å². The third kappa shape index (κ3) is 4.13. The van der Waals surface area contributed by atoms with Crippen LogP contribution in [0.3, 0.4) is 0 Å². The van der Waals surface area contributed by atoms with Gasteiger partial charge < -0.3 is 10.2 Å². The molecule has 1 N–H and O–H groups in total. The molecule has 4 heteroatoms. The molecule has 136 valence electrons. The normalized spacial score (nSPS) is 17.0. The minimum Gasteiger partial charge on any atom is -0.355 e. The monoisotopic (exact) mass is 350 g/mol. The molecule has 2 aromatic carbocycles. The molecule has 0 radical (unpaired) electrons. The third-order valence-electron chi connectivity index (χ3n) is 4.95. The topological polar surface area (TPSA) is 49.4 Å². The average Bonchev–Trinajstić information content (AvgIpc) is 3.04. The third-order valence-corrected chi connectivity index (χ3v) is 4.95. The van der Waals surface area contributed by atoms with E-state index in [1.54, 1.807) is 4.90 Å². The lowest BCUT2D eigenvalue weighted by Gasteiger charge is -2.18. The summed E-state index contributed by atoms with van der Waals surface area (Å²) in [4.78, 5) is 26.8. The van der Waals surface area contributed by atoms with Crippen LogP contribution in [0.25, 0.3) is 0 Å². The highest BCUT2D eigenvalue weighted by atomic mass is 16.2. The number of carbonyl (C=O) groups excluding carboxylic acids is 2. The van der Waals surface area contributed by atoms with Crippen molar-refractivity contribution in [3.05, 3.63) is 65.7 Å². The van der Waals surface area contributed by atoms with Gasteiger partial charge in [0, 0.05) is 18.8 Å². The van der Waals surface area contributed by atoms with Gasteiger partial charge in [-0.15, -0.1) is 0 Å². The predicted octanol–water partition coefficient (Wildman–Crippen LogP) is 3.52. The lowest BCUT2D eigenvalue weighted by molar-refractivity contribution is -0.132. The van der Waals surface area contributed by atoms with Crippen LogP contribution in [0.15, 0.2) is 54.6 Å². The summed E-state index contributed by atoms with van der Waals surface area (Å²) in [5, 5.41) is 2.91. The standard InChI is InChI=1S/C22H26N2O2/c1-16(2)18-8-10-19(11-9-18)24-15-13-20(22(24)26)21(25)23-14-12-17-6-4-3-5-7-17/h3-11,16,20H,12-15H2,1-2H3,(H,23,25). The lowest BCUT2D eigenvalue weighted by atomic mass is 10.0. The molecule has 1 heterocycles. The maximum absolute atomic E-state index is 12.7. The van der Waals surface area contributed by atoms with Crippen LogP contribution in [0.4, 0.5) is 5.69 Å². The molecule has 0 saturated carbocycles. The lowest BCUT2D eigenvalue weighted by Crippen LogP contribution is -2.37. The number of anilines is 1. The fourth-order valence-electron chi connectivity index (χ4n) is 3.32. The number of nitrogens with zero attached hydrogens (tertiary/aromatic N) is 1. The van der Waals surface area contributed by atoms with Crippen molar-refractivity contribution in [2.24, 2.45) is 5.92 Å². The van der Waals surface area contributed by atoms with E-state index in [9.17, 15) is 9.59 Å². The van der Waals surface area contributed by atoms with E-state index in [0.717, 1.165) is 12.1 Å². The molecule has 26 heavy (non-hydrogen) atoms. The molecule has 1 saturated heterocycles. The predicted molar refractivity (Wildman–Crippen MR) is 104 cm³/mol. The van der Waals surface area contributed by atoms with E-state index in [-0.39, 0.29) is 11.8 Å². The van der Waals surface area contributed by atoms with Gasteiger partial charge in [0.2, 0.25) is 11.8 Å². The Morgan fingerprint density at radius 2 is 1.81 bits per heavy atom. The Morgan fingerprint density at radius 1 is 1.12 bits per heavy atom. The quantitative estimate of drug-likeness (QED) is 0.811. The highest BCUT2D eigenvalue weighted by Crippen LogP contribution is 2.27. The molecule has 0 aromatic heterocycles. The summed E-state index contributed by atoms with van der Waals surface area (Å²) in [6.07, 6.45) is 1.34. The zero-order chi connectivity index (χ0) is 18.5. The average molecular weight is 350 g/mol. The summed E-state index contributed by atoms with van der Waals surface area (Å²) in [7, 11) is 0. The molecule has 3 rings (SSSR count). The van der Waals surface area contributed by atoms with Gasteiger partial charge in [0.25, 0.3) is 0 Å². The molecule has 1 fully saturated rings. The van der Waals surface area contributed by atoms with Crippen molar-refractivity contribution in [2.75, 3.05) is 18.0 Å². The van der Waals surface area contributed by atoms with Gasteiger partial charge >= 0.3 is 0 Å². The summed E-state index contributed by atoms with van der Waals surface area (Å²) >= 11 is 0. The van der Waals surface area contributed by atoms with Crippen molar-refractivity contribution >= 4 is 17.5 Å². The molecule has 0 spiro atoms. The van der Waals surface area contributed by atoms with E-state index in [4.69, 9.17) is 0 Å². The largest absolute Gasteiger partial charge is 0.355 e. The van der Waals surface area contributed by atoms with Gasteiger partial charge in [0.1, 0.15) is 5.92 Å². The smallest absolute Gasteiger partial charge is 0.239 e. The van der Waals surface area contributed by atoms with Gasteiger partial charge in [-0.25, -0.2) is 0 Å². The second kappa shape index (κ2) is 8.17. The molecular weight excluding hydrogens is 324 g/mol. The van der Waals surface area contributed by atoms with E-state index in [1.165, 1.54) is 11.1 Å². The van der Waals surface area contributed by atoms with E-state index in [1.807, 2.05) is 42.5 Å². The van der Waals surface area contributed by atoms with Crippen molar-refractivity contribution in [1.82, 2.24) is 5.32 Å². The molecule has 1 unspecified atom stereocenters. The van der Waals surface area contributed by atoms with Gasteiger partial charge in [-0.05, 0) is 42.0 Å². The number of rotatable bonds is 6. The number of benzene rings is 2. The summed E-state index contributed by atoms with van der Waals surface area (Å²) in [6, 6.07) is 18.1. The van der Waals surface area contributed by atoms with Crippen molar-refractivity contribution in [1.29, 1.82) is 0 Å². The van der Waals surface area contributed by atoms with Crippen LogP contribution < -0.4 is 10.2 Å². The van der Waals surface area contributed by atoms with Crippen molar-refractivity contribution < 1.29 is 9.59 Å². The Balaban J connectivity index is 1.55. The first-order valence-corrected chi connectivity index (χ1v) is 9.29. The summed E-state index contributed by atoms with van der Waals surface area (Å²) < 4.78 is 0. The van der Waals surface area contributed by atoms with E-state index in [2.05, 4.69) is 31.3 Å². The van der Waals surface area contributed by atoms with Crippen LogP contribution in [0.5, 0.6) is 0 Å². The fraction of sp³-hybridized carbons (Fsp3) is 0.364. The molecule has 0 bridgehead atoms. The first-order valence-electron chi connectivity index (χ1n) is 9.29.